The molecule has 3 aromatic rings. The lowest BCUT2D eigenvalue weighted by atomic mass is 9.99. The van der Waals surface area contributed by atoms with Crippen molar-refractivity contribution in [3.8, 4) is 5.00 Å². The van der Waals surface area contributed by atoms with Crippen LogP contribution in [0.2, 0.25) is 0 Å². The van der Waals surface area contributed by atoms with Crippen LogP contribution in [0.4, 0.5) is 4.79 Å². The zero-order chi connectivity index (χ0) is 22.2. The number of thiophene rings is 1. The maximum atomic E-state index is 13.5. The molecule has 32 heavy (non-hydrogen) atoms. The van der Waals surface area contributed by atoms with Crippen LogP contribution < -0.4 is 5.32 Å². The number of urea groups is 1. The Morgan fingerprint density at radius 3 is 2.69 bits per heavy atom. The van der Waals surface area contributed by atoms with Gasteiger partial charge in [-0.1, -0.05) is 43.7 Å². The maximum absolute atomic E-state index is 13.5. The van der Waals surface area contributed by atoms with E-state index in [1.54, 1.807) is 0 Å². The van der Waals surface area contributed by atoms with Crippen LogP contribution in [0.3, 0.4) is 0 Å². The molecule has 168 valence electrons. The summed E-state index contributed by atoms with van der Waals surface area (Å²) in [5.41, 5.74) is 6.34. The Bertz CT molecular complexity index is 1110. The molecule has 0 spiro atoms. The van der Waals surface area contributed by atoms with Gasteiger partial charge in [-0.15, -0.1) is 11.3 Å². The van der Waals surface area contributed by atoms with E-state index in [-0.39, 0.29) is 12.1 Å². The molecule has 6 heteroatoms. The third kappa shape index (κ3) is 3.65. The van der Waals surface area contributed by atoms with E-state index in [4.69, 9.17) is 0 Å². The summed E-state index contributed by atoms with van der Waals surface area (Å²) >= 11 is 1.91. The Balaban J connectivity index is 1.65. The molecular formula is C26H32N4OS. The minimum atomic E-state index is -0.117. The monoisotopic (exact) mass is 448 g/mol. The molecule has 1 aromatic carbocycles. The van der Waals surface area contributed by atoms with E-state index in [1.807, 2.05) is 11.3 Å². The molecule has 2 aliphatic rings. The zero-order valence-corrected chi connectivity index (χ0v) is 20.0. The number of carbonyl (C=O) groups excluding carboxylic acids is 1. The third-order valence-corrected chi connectivity index (χ3v) is 8.03. The zero-order valence-electron chi connectivity index (χ0n) is 19.2. The first-order valence-corrected chi connectivity index (χ1v) is 12.6. The molecule has 1 N–H and O–H groups in total. The number of hydrogen-bond acceptors (Lipinski definition) is 3. The molecule has 0 unspecified atom stereocenters. The van der Waals surface area contributed by atoms with Crippen molar-refractivity contribution in [1.29, 1.82) is 0 Å². The van der Waals surface area contributed by atoms with Crippen LogP contribution in [0, 0.1) is 6.92 Å². The van der Waals surface area contributed by atoms with Gasteiger partial charge in [0.05, 0.1) is 18.3 Å². The number of benzene rings is 1. The van der Waals surface area contributed by atoms with Crippen LogP contribution in [-0.4, -0.2) is 40.0 Å². The first-order chi connectivity index (χ1) is 15.6. The number of aromatic nitrogens is 1. The lowest BCUT2D eigenvalue weighted by Gasteiger charge is -2.32. The Morgan fingerprint density at radius 2 is 1.94 bits per heavy atom. The molecule has 2 aliphatic heterocycles. The van der Waals surface area contributed by atoms with E-state index in [2.05, 4.69) is 83.0 Å². The van der Waals surface area contributed by atoms with Gasteiger partial charge in [0.25, 0.3) is 0 Å². The van der Waals surface area contributed by atoms with Crippen LogP contribution in [-0.2, 0) is 19.5 Å². The van der Waals surface area contributed by atoms with Gasteiger partial charge in [-0.25, -0.2) is 4.79 Å². The predicted octanol–water partition coefficient (Wildman–Crippen LogP) is 5.25. The number of nitrogens with zero attached hydrogens (tertiary/aromatic N) is 3. The van der Waals surface area contributed by atoms with E-state index >= 15 is 0 Å². The lowest BCUT2D eigenvalue weighted by Crippen LogP contribution is -2.42. The van der Waals surface area contributed by atoms with Crippen LogP contribution in [0.1, 0.15) is 59.1 Å². The van der Waals surface area contributed by atoms with Crippen molar-refractivity contribution in [2.24, 2.45) is 0 Å². The third-order valence-electron chi connectivity index (χ3n) is 6.77. The fraction of sp³-hybridized carbons (Fsp3) is 0.423. The molecule has 0 radical (unpaired) electrons. The van der Waals surface area contributed by atoms with Crippen molar-refractivity contribution in [3.05, 3.63) is 75.4 Å². The minimum Gasteiger partial charge on any atom is -0.338 e. The van der Waals surface area contributed by atoms with Gasteiger partial charge in [-0.05, 0) is 49.6 Å². The quantitative estimate of drug-likeness (QED) is 0.592. The molecule has 2 aromatic heterocycles. The number of nitrogens with one attached hydrogen (secondary N) is 1. The average Bonchev–Trinajstić information content (AvgIpc) is 3.39. The van der Waals surface area contributed by atoms with Gasteiger partial charge in [-0.3, -0.25) is 4.90 Å². The highest BCUT2D eigenvalue weighted by Gasteiger charge is 2.36. The van der Waals surface area contributed by atoms with E-state index in [0.29, 0.717) is 13.1 Å². The SMILES string of the molecule is CCCNC(=O)N1Cc2c(sc3c2CCN(CC)C3)-n2cccc2[C@@H]1c1ccc(C)cc1. The number of aryl methyl sites for hydroxylation is 1. The number of amides is 2. The number of rotatable bonds is 4. The van der Waals surface area contributed by atoms with Crippen LogP contribution in [0.5, 0.6) is 0 Å². The number of likely N-dealkylation sites (N-methyl/N-ethyl adjacent to an activating group) is 1. The Morgan fingerprint density at radius 1 is 1.12 bits per heavy atom. The number of carbonyl (C=O) groups is 1. The largest absolute Gasteiger partial charge is 0.338 e. The highest BCUT2D eigenvalue weighted by molar-refractivity contribution is 7.15. The summed E-state index contributed by atoms with van der Waals surface area (Å²) in [5.74, 6) is 0. The lowest BCUT2D eigenvalue weighted by molar-refractivity contribution is 0.180. The maximum Gasteiger partial charge on any atom is 0.318 e. The molecule has 1 atom stereocenters. The Kier molecular flexibility index (Phi) is 5.82. The smallest absolute Gasteiger partial charge is 0.318 e. The number of fused-ring (bicyclic) bond motifs is 5. The summed E-state index contributed by atoms with van der Waals surface area (Å²) < 4.78 is 2.34. The molecule has 0 fully saturated rings. The molecule has 0 aliphatic carbocycles. The van der Waals surface area contributed by atoms with E-state index < -0.39 is 0 Å². The summed E-state index contributed by atoms with van der Waals surface area (Å²) in [6.07, 6.45) is 4.16. The molecule has 0 bridgehead atoms. The molecule has 5 nitrogen and oxygen atoms in total. The second-order valence-corrected chi connectivity index (χ2v) is 9.97. The topological polar surface area (TPSA) is 40.5 Å². The van der Waals surface area contributed by atoms with Gasteiger partial charge in [-0.2, -0.15) is 0 Å². The van der Waals surface area contributed by atoms with Crippen molar-refractivity contribution in [1.82, 2.24) is 19.7 Å². The van der Waals surface area contributed by atoms with Crippen molar-refractivity contribution >= 4 is 17.4 Å². The highest BCUT2D eigenvalue weighted by atomic mass is 32.1. The summed E-state index contributed by atoms with van der Waals surface area (Å²) in [4.78, 5) is 19.5. The van der Waals surface area contributed by atoms with Crippen molar-refractivity contribution in [2.45, 2.75) is 52.7 Å². The van der Waals surface area contributed by atoms with E-state index in [9.17, 15) is 4.79 Å². The average molecular weight is 449 g/mol. The summed E-state index contributed by atoms with van der Waals surface area (Å²) in [6.45, 7) is 11.0. The summed E-state index contributed by atoms with van der Waals surface area (Å²) in [7, 11) is 0. The van der Waals surface area contributed by atoms with Crippen LogP contribution in [0.25, 0.3) is 5.00 Å². The second-order valence-electron chi connectivity index (χ2n) is 8.88. The summed E-state index contributed by atoms with van der Waals surface area (Å²) in [6, 6.07) is 12.8. The van der Waals surface area contributed by atoms with Crippen LogP contribution in [0.15, 0.2) is 42.6 Å². The van der Waals surface area contributed by atoms with Gasteiger partial charge in [0.2, 0.25) is 0 Å². The van der Waals surface area contributed by atoms with Gasteiger partial charge in [0, 0.05) is 36.3 Å². The van der Waals surface area contributed by atoms with Gasteiger partial charge < -0.3 is 14.8 Å². The molecule has 4 heterocycles. The molecule has 5 rings (SSSR count). The molecular weight excluding hydrogens is 416 g/mol. The standard InChI is InChI=1S/C26H32N4OS/c1-4-13-27-26(31)30-16-21-20-12-15-28(5-2)17-23(20)32-25(21)29-14-6-7-22(29)24(30)19-10-8-18(3)9-11-19/h6-11,14,24H,4-5,12-13,15-17H2,1-3H3,(H,27,31)/t24-/m0/s1. The van der Waals surface area contributed by atoms with Crippen molar-refractivity contribution in [3.63, 3.8) is 0 Å². The number of hydrogen-bond donors (Lipinski definition) is 1. The van der Waals surface area contributed by atoms with E-state index in [1.165, 1.54) is 26.6 Å². The first-order valence-electron chi connectivity index (χ1n) is 11.7. The van der Waals surface area contributed by atoms with Gasteiger partial charge in [0.15, 0.2) is 0 Å². The fourth-order valence-electron chi connectivity index (χ4n) is 4.98. The fourth-order valence-corrected chi connectivity index (χ4v) is 6.38. The normalized spacial score (nSPS) is 18.0. The Hall–Kier alpha value is -2.57. The predicted molar refractivity (Wildman–Crippen MR) is 131 cm³/mol. The summed E-state index contributed by atoms with van der Waals surface area (Å²) in [5, 5.41) is 4.44. The van der Waals surface area contributed by atoms with Crippen molar-refractivity contribution < 1.29 is 4.79 Å². The van der Waals surface area contributed by atoms with Gasteiger partial charge in [0.1, 0.15) is 5.00 Å². The van der Waals surface area contributed by atoms with Crippen LogP contribution >= 0.6 is 11.3 Å². The first kappa shape index (κ1) is 21.3. The second kappa shape index (κ2) is 8.75. The molecule has 0 saturated heterocycles. The Labute approximate surface area is 194 Å². The van der Waals surface area contributed by atoms with E-state index in [0.717, 1.165) is 43.7 Å². The minimum absolute atomic E-state index is 0.0176. The van der Waals surface area contributed by atoms with Gasteiger partial charge >= 0.3 is 6.03 Å². The highest BCUT2D eigenvalue weighted by Crippen LogP contribution is 2.43. The molecule has 2 amide bonds. The molecule has 0 saturated carbocycles. The van der Waals surface area contributed by atoms with Crippen molar-refractivity contribution in [2.75, 3.05) is 19.6 Å².